The van der Waals surface area contributed by atoms with Crippen LogP contribution in [-0.4, -0.2) is 20.1 Å². The van der Waals surface area contributed by atoms with Crippen LogP contribution in [0.2, 0.25) is 5.02 Å². The number of hydrogen-bond donors (Lipinski definition) is 2. The van der Waals surface area contributed by atoms with E-state index in [1.807, 2.05) is 0 Å². The van der Waals surface area contributed by atoms with Gasteiger partial charge in [-0.15, -0.1) is 0 Å². The molecule has 0 atom stereocenters. The van der Waals surface area contributed by atoms with Crippen molar-refractivity contribution in [3.8, 4) is 5.75 Å². The maximum atomic E-state index is 12.7. The van der Waals surface area contributed by atoms with Crippen LogP contribution < -0.4 is 10.0 Å². The van der Waals surface area contributed by atoms with Crippen molar-refractivity contribution in [1.82, 2.24) is 0 Å². The number of nitrogens with zero attached hydrogens (tertiary/aromatic N) is 1. The molecule has 0 radical (unpaired) electrons. The van der Waals surface area contributed by atoms with Gasteiger partial charge in [-0.25, -0.2) is 8.42 Å². The highest BCUT2D eigenvalue weighted by atomic mass is 35.5. The zero-order valence-electron chi connectivity index (χ0n) is 11.3. The fourth-order valence-corrected chi connectivity index (χ4v) is 3.76. The summed E-state index contributed by atoms with van der Waals surface area (Å²) in [6, 6.07) is 10.3. The number of nitrogen functional groups attached to an aromatic ring is 1. The highest BCUT2D eigenvalue weighted by molar-refractivity contribution is 7.93. The number of rotatable bonds is 4. The quantitative estimate of drug-likeness (QED) is 0.846. The van der Waals surface area contributed by atoms with Crippen molar-refractivity contribution < 1.29 is 13.5 Å². The highest BCUT2D eigenvalue weighted by Crippen LogP contribution is 2.30. The molecule has 5 nitrogen and oxygen atoms in total. The van der Waals surface area contributed by atoms with Gasteiger partial charge in [0.25, 0.3) is 10.0 Å². The molecule has 0 fully saturated rings. The number of aromatic hydroxyl groups is 1. The second-order valence-corrected chi connectivity index (χ2v) is 6.64. The van der Waals surface area contributed by atoms with E-state index < -0.39 is 10.0 Å². The summed E-state index contributed by atoms with van der Waals surface area (Å²) >= 11 is 5.80. The van der Waals surface area contributed by atoms with Crippen molar-refractivity contribution in [3.63, 3.8) is 0 Å². The number of sulfonamides is 1. The number of hydrogen-bond acceptors (Lipinski definition) is 4. The monoisotopic (exact) mass is 326 g/mol. The van der Waals surface area contributed by atoms with Crippen molar-refractivity contribution in [2.75, 3.05) is 16.6 Å². The van der Waals surface area contributed by atoms with Crippen molar-refractivity contribution in [1.29, 1.82) is 0 Å². The van der Waals surface area contributed by atoms with E-state index in [4.69, 9.17) is 17.3 Å². The van der Waals surface area contributed by atoms with Crippen molar-refractivity contribution in [2.45, 2.75) is 11.8 Å². The molecule has 0 unspecified atom stereocenters. The summed E-state index contributed by atoms with van der Waals surface area (Å²) in [5.74, 6) is -0.00905. The third kappa shape index (κ3) is 3.06. The standard InChI is InChI=1S/C14H15ClN2O3S/c1-2-17(11-4-3-5-12(18)9-11)21(19,20)14-7-6-10(15)8-13(14)16/h3-9,18H,2,16H2,1H3. The molecule has 3 N–H and O–H groups in total. The van der Waals surface area contributed by atoms with Gasteiger partial charge in [-0.05, 0) is 37.3 Å². The number of benzene rings is 2. The van der Waals surface area contributed by atoms with Gasteiger partial charge in [-0.3, -0.25) is 4.31 Å². The second kappa shape index (κ2) is 5.83. The minimum Gasteiger partial charge on any atom is -0.508 e. The van der Waals surface area contributed by atoms with E-state index >= 15 is 0 Å². The smallest absolute Gasteiger partial charge is 0.266 e. The molecule has 0 aliphatic heterocycles. The lowest BCUT2D eigenvalue weighted by molar-refractivity contribution is 0.475. The molecule has 0 amide bonds. The normalized spacial score (nSPS) is 11.3. The van der Waals surface area contributed by atoms with Gasteiger partial charge in [0, 0.05) is 17.6 Å². The Morgan fingerprint density at radius 3 is 2.52 bits per heavy atom. The summed E-state index contributed by atoms with van der Waals surface area (Å²) in [5, 5.41) is 9.89. The summed E-state index contributed by atoms with van der Waals surface area (Å²) in [7, 11) is -3.83. The van der Waals surface area contributed by atoms with Gasteiger partial charge in [0.1, 0.15) is 10.6 Å². The van der Waals surface area contributed by atoms with Crippen molar-refractivity contribution in [3.05, 3.63) is 47.5 Å². The minimum absolute atomic E-state index is 0.00905. The Kier molecular flexibility index (Phi) is 4.29. The van der Waals surface area contributed by atoms with Crippen molar-refractivity contribution >= 4 is 33.0 Å². The van der Waals surface area contributed by atoms with Crippen LogP contribution in [0.1, 0.15) is 6.92 Å². The third-order valence-electron chi connectivity index (χ3n) is 2.94. The van der Waals surface area contributed by atoms with Gasteiger partial charge in [0.15, 0.2) is 0 Å². The first kappa shape index (κ1) is 15.5. The van der Waals surface area contributed by atoms with Crippen LogP contribution in [0.3, 0.4) is 0 Å². The first-order chi connectivity index (χ1) is 9.86. The average Bonchev–Trinajstić information content (AvgIpc) is 2.38. The summed E-state index contributed by atoms with van der Waals surface area (Å²) in [5.41, 5.74) is 6.22. The largest absolute Gasteiger partial charge is 0.508 e. The predicted octanol–water partition coefficient (Wildman–Crippen LogP) is 2.84. The molecule has 0 aliphatic carbocycles. The minimum atomic E-state index is -3.83. The number of phenolic OH excluding ortho intramolecular Hbond substituents is 1. The van der Waals surface area contributed by atoms with Gasteiger partial charge in [-0.2, -0.15) is 0 Å². The van der Waals surface area contributed by atoms with Gasteiger partial charge < -0.3 is 10.8 Å². The first-order valence-electron chi connectivity index (χ1n) is 6.23. The molecule has 0 saturated heterocycles. The lowest BCUT2D eigenvalue weighted by atomic mass is 10.3. The van der Waals surface area contributed by atoms with E-state index in [2.05, 4.69) is 0 Å². The van der Waals surface area contributed by atoms with Crippen molar-refractivity contribution in [2.24, 2.45) is 0 Å². The lowest BCUT2D eigenvalue weighted by Gasteiger charge is -2.23. The number of anilines is 2. The zero-order valence-corrected chi connectivity index (χ0v) is 12.9. The Morgan fingerprint density at radius 2 is 1.95 bits per heavy atom. The molecule has 0 bridgehead atoms. The topological polar surface area (TPSA) is 83.6 Å². The third-order valence-corrected chi connectivity index (χ3v) is 5.16. The molecule has 0 saturated carbocycles. The Morgan fingerprint density at radius 1 is 1.24 bits per heavy atom. The SMILES string of the molecule is CCN(c1cccc(O)c1)S(=O)(=O)c1ccc(Cl)cc1N. The van der Waals surface area contributed by atoms with Crippen LogP contribution in [0, 0.1) is 0 Å². The van der Waals surface area contributed by atoms with Crippen LogP contribution >= 0.6 is 11.6 Å². The van der Waals surface area contributed by atoms with Gasteiger partial charge in [-0.1, -0.05) is 17.7 Å². The van der Waals surface area contributed by atoms with Crippen LogP contribution in [0.25, 0.3) is 0 Å². The molecule has 0 heterocycles. The molecule has 0 aliphatic rings. The summed E-state index contributed by atoms with van der Waals surface area (Å²) in [4.78, 5) is -0.0166. The zero-order chi connectivity index (χ0) is 15.6. The summed E-state index contributed by atoms with van der Waals surface area (Å²) in [6.07, 6.45) is 0. The molecule has 0 spiro atoms. The summed E-state index contributed by atoms with van der Waals surface area (Å²) in [6.45, 7) is 1.90. The van der Waals surface area contributed by atoms with Crippen LogP contribution in [0.15, 0.2) is 47.4 Å². The van der Waals surface area contributed by atoms with E-state index in [1.165, 1.54) is 34.6 Å². The number of nitrogens with two attached hydrogens (primary N) is 1. The Labute approximate surface area is 128 Å². The number of phenols is 1. The predicted molar refractivity (Wildman–Crippen MR) is 84.2 cm³/mol. The highest BCUT2D eigenvalue weighted by Gasteiger charge is 2.26. The maximum Gasteiger partial charge on any atom is 0.266 e. The van der Waals surface area contributed by atoms with Crippen LogP contribution in [-0.2, 0) is 10.0 Å². The van der Waals surface area contributed by atoms with Gasteiger partial charge in [0.05, 0.1) is 11.4 Å². The number of halogens is 1. The molecule has 0 aromatic heterocycles. The van der Waals surface area contributed by atoms with Gasteiger partial charge >= 0.3 is 0 Å². The molecule has 2 aromatic rings. The van der Waals surface area contributed by atoms with E-state index in [0.717, 1.165) is 0 Å². The van der Waals surface area contributed by atoms with Crippen LogP contribution in [0.4, 0.5) is 11.4 Å². The van der Waals surface area contributed by atoms with E-state index in [0.29, 0.717) is 10.7 Å². The Balaban J connectivity index is 2.54. The fraction of sp³-hybridized carbons (Fsp3) is 0.143. The second-order valence-electron chi connectivity index (χ2n) is 4.37. The molecular weight excluding hydrogens is 312 g/mol. The molecule has 112 valence electrons. The first-order valence-corrected chi connectivity index (χ1v) is 8.05. The average molecular weight is 327 g/mol. The maximum absolute atomic E-state index is 12.7. The Bertz CT molecular complexity index is 763. The molecule has 21 heavy (non-hydrogen) atoms. The molecule has 2 rings (SSSR count). The van der Waals surface area contributed by atoms with Gasteiger partial charge in [0.2, 0.25) is 0 Å². The Hall–Kier alpha value is -1.92. The van der Waals surface area contributed by atoms with E-state index in [1.54, 1.807) is 19.1 Å². The molecule has 2 aromatic carbocycles. The molecular formula is C14H15ClN2O3S. The van der Waals surface area contributed by atoms with E-state index in [-0.39, 0.29) is 22.9 Å². The fourth-order valence-electron chi connectivity index (χ4n) is 2.01. The van der Waals surface area contributed by atoms with Crippen LogP contribution in [0.5, 0.6) is 5.75 Å². The molecule has 7 heteroatoms. The van der Waals surface area contributed by atoms with E-state index in [9.17, 15) is 13.5 Å². The lowest BCUT2D eigenvalue weighted by Crippen LogP contribution is -2.31. The summed E-state index contributed by atoms with van der Waals surface area (Å²) < 4.78 is 26.6.